The highest BCUT2D eigenvalue weighted by Gasteiger charge is 2.20. The van der Waals surface area contributed by atoms with E-state index in [0.717, 1.165) is 26.3 Å². The summed E-state index contributed by atoms with van der Waals surface area (Å²) in [7, 11) is 0. The summed E-state index contributed by atoms with van der Waals surface area (Å²) in [6.07, 6.45) is 14.5. The second-order valence-corrected chi connectivity index (χ2v) is 8.60. The van der Waals surface area contributed by atoms with Gasteiger partial charge in [0.25, 0.3) is 0 Å². The molecule has 0 saturated heterocycles. The molecule has 4 rings (SSSR count). The normalized spacial score (nSPS) is 14.5. The topological polar surface area (TPSA) is 35.5 Å². The van der Waals surface area contributed by atoms with Gasteiger partial charge in [0.2, 0.25) is 0 Å². The van der Waals surface area contributed by atoms with Crippen molar-refractivity contribution in [2.45, 2.75) is 64.5 Å². The van der Waals surface area contributed by atoms with Crippen LogP contribution in [-0.2, 0) is 53.0 Å². The molecule has 2 aliphatic carbocycles. The molecule has 2 heterocycles. The number of rotatable bonds is 12. The van der Waals surface area contributed by atoms with Gasteiger partial charge in [-0.2, -0.15) is 9.13 Å². The minimum Gasteiger partial charge on any atom is -1.00 e. The highest BCUT2D eigenvalue weighted by atomic mass is 35.5. The molecule has 2 aliphatic rings. The molecule has 2 aromatic heterocycles. The Labute approximate surface area is 211 Å². The van der Waals surface area contributed by atoms with Crippen LogP contribution < -0.4 is 33.9 Å². The molecule has 7 heteroatoms. The molecule has 0 amide bonds. The van der Waals surface area contributed by atoms with Crippen molar-refractivity contribution in [3.05, 3.63) is 59.2 Å². The monoisotopic (exact) mass is 496 g/mol. The molecule has 5 nitrogen and oxygen atoms in total. The fourth-order valence-electron chi connectivity index (χ4n) is 4.83. The van der Waals surface area contributed by atoms with E-state index in [0.29, 0.717) is 26.4 Å². The third-order valence-electron chi connectivity index (χ3n) is 6.48. The minimum atomic E-state index is 0. The van der Waals surface area contributed by atoms with Gasteiger partial charge in [-0.25, -0.2) is 0 Å². The zero-order valence-electron chi connectivity index (χ0n) is 19.7. The number of pyridine rings is 2. The van der Waals surface area contributed by atoms with Gasteiger partial charge in [0.1, 0.15) is 13.2 Å². The molecule has 33 heavy (non-hydrogen) atoms. The molecular formula is C26H38Cl2N2O3. The Morgan fingerprint density at radius 3 is 1.39 bits per heavy atom. The first kappa shape index (κ1) is 28.0. The number of ether oxygens (including phenoxy) is 3. The maximum absolute atomic E-state index is 5.78. The Hall–Kier alpha value is -1.24. The van der Waals surface area contributed by atoms with Crippen LogP contribution in [-0.4, -0.2) is 39.6 Å². The highest BCUT2D eigenvalue weighted by Crippen LogP contribution is 2.18. The number of fused-ring (bicyclic) bond motifs is 2. The molecule has 0 spiro atoms. The van der Waals surface area contributed by atoms with Crippen molar-refractivity contribution >= 4 is 0 Å². The van der Waals surface area contributed by atoms with Gasteiger partial charge in [-0.15, -0.1) is 0 Å². The second-order valence-electron chi connectivity index (χ2n) is 8.60. The molecule has 0 saturated carbocycles. The first-order chi connectivity index (χ1) is 15.4. The summed E-state index contributed by atoms with van der Waals surface area (Å²) >= 11 is 0. The van der Waals surface area contributed by atoms with Gasteiger partial charge in [-0.1, -0.05) is 0 Å². The van der Waals surface area contributed by atoms with E-state index in [9.17, 15) is 0 Å². The second kappa shape index (κ2) is 15.6. The summed E-state index contributed by atoms with van der Waals surface area (Å²) < 4.78 is 21.9. The number of hydrogen-bond donors (Lipinski definition) is 0. The molecule has 0 bridgehead atoms. The van der Waals surface area contributed by atoms with Crippen LogP contribution in [0.5, 0.6) is 0 Å². The molecule has 0 aromatic carbocycles. The number of hydrogen-bond acceptors (Lipinski definition) is 3. The van der Waals surface area contributed by atoms with Crippen LogP contribution in [0.2, 0.25) is 0 Å². The van der Waals surface area contributed by atoms with Crippen molar-refractivity contribution < 1.29 is 48.2 Å². The zero-order valence-corrected chi connectivity index (χ0v) is 21.2. The quantitative estimate of drug-likeness (QED) is 0.229. The molecule has 0 unspecified atom stereocenters. The Morgan fingerprint density at radius 1 is 0.545 bits per heavy atom. The van der Waals surface area contributed by atoms with Gasteiger partial charge in [0.15, 0.2) is 36.9 Å². The van der Waals surface area contributed by atoms with Crippen molar-refractivity contribution in [1.29, 1.82) is 0 Å². The lowest BCUT2D eigenvalue weighted by molar-refractivity contribution is -0.706. The number of halogens is 2. The van der Waals surface area contributed by atoms with Gasteiger partial charge in [-0.05, 0) is 50.7 Å². The van der Waals surface area contributed by atoms with Crippen LogP contribution in [0.3, 0.4) is 0 Å². The molecular weight excluding hydrogens is 459 g/mol. The van der Waals surface area contributed by atoms with Crippen LogP contribution in [0.25, 0.3) is 0 Å². The fourth-order valence-corrected chi connectivity index (χ4v) is 4.83. The van der Waals surface area contributed by atoms with Gasteiger partial charge >= 0.3 is 0 Å². The average Bonchev–Trinajstić information content (AvgIpc) is 2.82. The first-order valence-electron chi connectivity index (χ1n) is 12.2. The van der Waals surface area contributed by atoms with Crippen LogP contribution in [0.4, 0.5) is 0 Å². The maximum atomic E-state index is 5.78. The van der Waals surface area contributed by atoms with E-state index in [-0.39, 0.29) is 24.8 Å². The van der Waals surface area contributed by atoms with Crippen molar-refractivity contribution in [3.63, 3.8) is 0 Å². The van der Waals surface area contributed by atoms with Crippen LogP contribution in [0.1, 0.15) is 48.2 Å². The third kappa shape index (κ3) is 8.48. The third-order valence-corrected chi connectivity index (χ3v) is 6.48. The summed E-state index contributed by atoms with van der Waals surface area (Å²) in [5.74, 6) is 0. The Morgan fingerprint density at radius 2 is 0.939 bits per heavy atom. The van der Waals surface area contributed by atoms with E-state index in [1.54, 1.807) is 0 Å². The van der Waals surface area contributed by atoms with Crippen molar-refractivity contribution in [2.75, 3.05) is 39.6 Å². The molecule has 0 radical (unpaired) electrons. The van der Waals surface area contributed by atoms with Gasteiger partial charge in [-0.3, -0.25) is 0 Å². The summed E-state index contributed by atoms with van der Waals surface area (Å²) in [4.78, 5) is 0. The van der Waals surface area contributed by atoms with Crippen LogP contribution in [0, 0.1) is 0 Å². The highest BCUT2D eigenvalue weighted by molar-refractivity contribution is 5.18. The lowest BCUT2D eigenvalue weighted by atomic mass is 9.96. The SMILES string of the molecule is [Cl-].[Cl-].c1cc2c([n+](CCOCCOCCOCC[n+]3cccc4c3CCCC4)c1)CCCC2. The fraction of sp³-hybridized carbons (Fsp3) is 0.615. The standard InChI is InChI=1S/C26H38N2O3.2ClH/c1-3-11-25-23(7-1)9-5-13-27(25)15-17-29-19-21-31-22-20-30-18-16-28-14-6-10-24-8-2-4-12-26(24)28;;/h5-6,9-10,13-14H,1-4,7-8,11-12,15-22H2;2*1H/q+2;;/p-2. The molecule has 2 aromatic rings. The maximum Gasteiger partial charge on any atom is 0.184 e. The van der Waals surface area contributed by atoms with E-state index < -0.39 is 0 Å². The van der Waals surface area contributed by atoms with E-state index in [1.165, 1.54) is 73.9 Å². The molecule has 184 valence electrons. The molecule has 0 aliphatic heterocycles. The minimum absolute atomic E-state index is 0. The van der Waals surface area contributed by atoms with Crippen molar-refractivity contribution in [2.24, 2.45) is 0 Å². The lowest BCUT2D eigenvalue weighted by Crippen LogP contribution is -3.00. The van der Waals surface area contributed by atoms with E-state index in [4.69, 9.17) is 14.2 Å². The van der Waals surface area contributed by atoms with Gasteiger partial charge < -0.3 is 39.0 Å². The van der Waals surface area contributed by atoms with Crippen LogP contribution >= 0.6 is 0 Å². The first-order valence-corrected chi connectivity index (χ1v) is 12.2. The number of aryl methyl sites for hydroxylation is 2. The lowest BCUT2D eigenvalue weighted by Gasteiger charge is -2.14. The molecule has 0 N–H and O–H groups in total. The average molecular weight is 498 g/mol. The number of nitrogens with zero attached hydrogens (tertiary/aromatic N) is 2. The van der Waals surface area contributed by atoms with E-state index in [2.05, 4.69) is 45.8 Å². The van der Waals surface area contributed by atoms with Gasteiger partial charge in [0.05, 0.1) is 26.4 Å². The molecule has 0 atom stereocenters. The summed E-state index contributed by atoms with van der Waals surface area (Å²) in [6.45, 7) is 5.85. The van der Waals surface area contributed by atoms with E-state index >= 15 is 0 Å². The summed E-state index contributed by atoms with van der Waals surface area (Å²) in [6, 6.07) is 8.87. The predicted molar refractivity (Wildman–Crippen MR) is 119 cm³/mol. The summed E-state index contributed by atoms with van der Waals surface area (Å²) in [5.41, 5.74) is 6.03. The largest absolute Gasteiger partial charge is 1.00 e. The summed E-state index contributed by atoms with van der Waals surface area (Å²) in [5, 5.41) is 0. The van der Waals surface area contributed by atoms with Crippen LogP contribution in [0.15, 0.2) is 36.7 Å². The number of aromatic nitrogens is 2. The Balaban J connectivity index is 0.00000193. The Kier molecular flexibility index (Phi) is 13.3. The van der Waals surface area contributed by atoms with Crippen molar-refractivity contribution in [1.82, 2.24) is 0 Å². The zero-order chi connectivity index (χ0) is 21.1. The van der Waals surface area contributed by atoms with Crippen molar-refractivity contribution in [3.8, 4) is 0 Å². The van der Waals surface area contributed by atoms with E-state index in [1.807, 2.05) is 0 Å². The predicted octanol–water partition coefficient (Wildman–Crippen LogP) is -3.22. The smallest absolute Gasteiger partial charge is 0.184 e. The van der Waals surface area contributed by atoms with Gasteiger partial charge in [0, 0.05) is 36.1 Å². The molecule has 0 fully saturated rings. The Bertz CT molecular complexity index is 768.